The van der Waals surface area contributed by atoms with Crippen LogP contribution in [0.4, 0.5) is 5.82 Å². The summed E-state index contributed by atoms with van der Waals surface area (Å²) in [5, 5.41) is 23.3. The predicted molar refractivity (Wildman–Crippen MR) is 111 cm³/mol. The van der Waals surface area contributed by atoms with Crippen LogP contribution in [0.15, 0.2) is 55.1 Å². The van der Waals surface area contributed by atoms with E-state index < -0.39 is 12.2 Å². The van der Waals surface area contributed by atoms with Crippen molar-refractivity contribution in [2.45, 2.75) is 37.5 Å². The Kier molecular flexibility index (Phi) is 4.41. The number of nitrogen functional groups attached to an aromatic ring is 1. The molecule has 1 saturated carbocycles. The minimum absolute atomic E-state index is 0.0128. The molecular formula is C22H23N5O2. The van der Waals surface area contributed by atoms with Gasteiger partial charge in [-0.1, -0.05) is 12.1 Å². The number of benzene rings is 1. The van der Waals surface area contributed by atoms with Gasteiger partial charge in [-0.15, -0.1) is 0 Å². The van der Waals surface area contributed by atoms with Crippen molar-refractivity contribution in [2.75, 3.05) is 5.73 Å². The van der Waals surface area contributed by atoms with E-state index in [-0.39, 0.29) is 12.0 Å². The number of aliphatic hydroxyl groups excluding tert-OH is 2. The SMILES string of the molecule is Nc1ccc2ccc(CC[C@H]3C[C@@H](n4ccc5cncnc54)[C@H](O)[C@@H]3O)cc2n1. The van der Waals surface area contributed by atoms with Crippen molar-refractivity contribution >= 4 is 27.8 Å². The molecule has 7 heteroatoms. The Hall–Kier alpha value is -3.03. The van der Waals surface area contributed by atoms with Crippen molar-refractivity contribution in [3.63, 3.8) is 0 Å². The van der Waals surface area contributed by atoms with Crippen molar-refractivity contribution in [3.05, 3.63) is 60.7 Å². The Morgan fingerprint density at radius 3 is 2.83 bits per heavy atom. The zero-order chi connectivity index (χ0) is 20.0. The number of nitrogens with zero attached hydrogens (tertiary/aromatic N) is 4. The van der Waals surface area contributed by atoms with Crippen molar-refractivity contribution < 1.29 is 10.2 Å². The molecule has 1 fully saturated rings. The van der Waals surface area contributed by atoms with Gasteiger partial charge in [-0.25, -0.2) is 15.0 Å². The first-order valence-electron chi connectivity index (χ1n) is 9.88. The number of pyridine rings is 1. The van der Waals surface area contributed by atoms with E-state index in [0.717, 1.165) is 40.3 Å². The Morgan fingerprint density at radius 2 is 1.93 bits per heavy atom. The average molecular weight is 389 g/mol. The highest BCUT2D eigenvalue weighted by Gasteiger charge is 2.42. The van der Waals surface area contributed by atoms with Crippen molar-refractivity contribution in [1.29, 1.82) is 0 Å². The molecule has 148 valence electrons. The van der Waals surface area contributed by atoms with Gasteiger partial charge in [0.15, 0.2) is 0 Å². The molecule has 3 heterocycles. The highest BCUT2D eigenvalue weighted by atomic mass is 16.3. The molecule has 4 aromatic rings. The van der Waals surface area contributed by atoms with Crippen LogP contribution in [0.2, 0.25) is 0 Å². The summed E-state index contributed by atoms with van der Waals surface area (Å²) in [6.45, 7) is 0. The van der Waals surface area contributed by atoms with E-state index in [1.54, 1.807) is 12.3 Å². The van der Waals surface area contributed by atoms with Gasteiger partial charge < -0.3 is 20.5 Å². The fourth-order valence-corrected chi connectivity index (χ4v) is 4.51. The number of aromatic nitrogens is 4. The standard InChI is InChI=1S/C22H23N5O2/c23-19-6-5-14-3-1-13(9-17(14)26-19)2-4-15-10-18(21(29)20(15)28)27-8-7-16-11-24-12-25-22(16)27/h1,3,5-9,11-12,15,18,20-21,28-29H,2,4,10H2,(H2,23,26)/t15-,18+,20+,21-/m0/s1. The third kappa shape index (κ3) is 3.22. The molecule has 4 atom stereocenters. The summed E-state index contributed by atoms with van der Waals surface area (Å²) < 4.78 is 1.97. The summed E-state index contributed by atoms with van der Waals surface area (Å²) in [7, 11) is 0. The maximum Gasteiger partial charge on any atom is 0.143 e. The zero-order valence-electron chi connectivity index (χ0n) is 15.9. The van der Waals surface area contributed by atoms with E-state index in [1.165, 1.54) is 6.33 Å². The van der Waals surface area contributed by atoms with Crippen LogP contribution in [0, 0.1) is 5.92 Å². The molecule has 29 heavy (non-hydrogen) atoms. The van der Waals surface area contributed by atoms with Gasteiger partial charge in [-0.3, -0.25) is 0 Å². The van der Waals surface area contributed by atoms with Gasteiger partial charge in [-0.2, -0.15) is 0 Å². The normalized spacial score (nSPS) is 24.5. The van der Waals surface area contributed by atoms with Crippen molar-refractivity contribution in [3.8, 4) is 0 Å². The third-order valence-electron chi connectivity index (χ3n) is 6.09. The molecule has 4 N–H and O–H groups in total. The molecule has 7 nitrogen and oxygen atoms in total. The van der Waals surface area contributed by atoms with Crippen LogP contribution in [0.3, 0.4) is 0 Å². The first kappa shape index (κ1) is 18.0. The van der Waals surface area contributed by atoms with E-state index in [4.69, 9.17) is 5.73 Å². The van der Waals surface area contributed by atoms with Crippen LogP contribution in [-0.4, -0.2) is 41.9 Å². The second kappa shape index (κ2) is 7.09. The van der Waals surface area contributed by atoms with Crippen LogP contribution < -0.4 is 5.73 Å². The Balaban J connectivity index is 1.33. The summed E-state index contributed by atoms with van der Waals surface area (Å²) in [6, 6.07) is 11.7. The first-order valence-corrected chi connectivity index (χ1v) is 9.88. The summed E-state index contributed by atoms with van der Waals surface area (Å²) in [6.07, 6.45) is 5.91. The second-order valence-electron chi connectivity index (χ2n) is 7.87. The number of fused-ring (bicyclic) bond motifs is 2. The maximum absolute atomic E-state index is 10.7. The summed E-state index contributed by atoms with van der Waals surface area (Å²) in [4.78, 5) is 12.8. The van der Waals surface area contributed by atoms with E-state index >= 15 is 0 Å². The van der Waals surface area contributed by atoms with Gasteiger partial charge in [0.1, 0.15) is 23.9 Å². The molecule has 1 aliphatic carbocycles. The monoisotopic (exact) mass is 389 g/mol. The quantitative estimate of drug-likeness (QED) is 0.495. The second-order valence-corrected chi connectivity index (χ2v) is 7.87. The average Bonchev–Trinajstić information content (AvgIpc) is 3.28. The summed E-state index contributed by atoms with van der Waals surface area (Å²) in [5.41, 5.74) is 8.62. The fourth-order valence-electron chi connectivity index (χ4n) is 4.51. The molecule has 0 unspecified atom stereocenters. The van der Waals surface area contributed by atoms with Gasteiger partial charge in [0, 0.05) is 23.2 Å². The topological polar surface area (TPSA) is 110 Å². The minimum Gasteiger partial charge on any atom is -0.390 e. The first-order chi connectivity index (χ1) is 14.1. The molecular weight excluding hydrogens is 366 g/mol. The van der Waals surface area contributed by atoms with E-state index in [9.17, 15) is 10.2 Å². The minimum atomic E-state index is -0.816. The maximum atomic E-state index is 10.7. The number of rotatable bonds is 4. The molecule has 0 radical (unpaired) electrons. The van der Waals surface area contributed by atoms with Gasteiger partial charge in [0.25, 0.3) is 0 Å². The summed E-state index contributed by atoms with van der Waals surface area (Å²) >= 11 is 0. The van der Waals surface area contributed by atoms with Crippen molar-refractivity contribution in [1.82, 2.24) is 19.5 Å². The zero-order valence-corrected chi connectivity index (χ0v) is 15.9. The van der Waals surface area contributed by atoms with Crippen LogP contribution in [0.1, 0.15) is 24.4 Å². The number of aryl methyl sites for hydroxylation is 1. The Labute approximate surface area is 167 Å². The van der Waals surface area contributed by atoms with Crippen LogP contribution >= 0.6 is 0 Å². The lowest BCUT2D eigenvalue weighted by molar-refractivity contribution is 0.00545. The van der Waals surface area contributed by atoms with Crippen LogP contribution in [0.25, 0.3) is 21.9 Å². The highest BCUT2D eigenvalue weighted by molar-refractivity contribution is 5.80. The lowest BCUT2D eigenvalue weighted by Crippen LogP contribution is -2.29. The molecule has 0 bridgehead atoms. The number of hydrogen-bond donors (Lipinski definition) is 3. The molecule has 3 aromatic heterocycles. The number of nitrogens with two attached hydrogens (primary N) is 1. The molecule has 0 spiro atoms. The fraction of sp³-hybridized carbons (Fsp3) is 0.318. The molecule has 0 amide bonds. The number of hydrogen-bond acceptors (Lipinski definition) is 6. The predicted octanol–water partition coefficient (Wildman–Crippen LogP) is 2.48. The lowest BCUT2D eigenvalue weighted by Gasteiger charge is -2.18. The van der Waals surface area contributed by atoms with Gasteiger partial charge in [0.2, 0.25) is 0 Å². The molecule has 1 aliphatic rings. The number of aliphatic hydroxyl groups is 2. The smallest absolute Gasteiger partial charge is 0.143 e. The van der Waals surface area contributed by atoms with Gasteiger partial charge in [0.05, 0.1) is 17.7 Å². The number of anilines is 1. The molecule has 0 saturated heterocycles. The molecule has 5 rings (SSSR count). The largest absolute Gasteiger partial charge is 0.390 e. The van der Waals surface area contributed by atoms with E-state index in [0.29, 0.717) is 12.2 Å². The van der Waals surface area contributed by atoms with Gasteiger partial charge in [-0.05, 0) is 55.0 Å². The lowest BCUT2D eigenvalue weighted by atomic mass is 9.95. The third-order valence-corrected chi connectivity index (χ3v) is 6.09. The van der Waals surface area contributed by atoms with E-state index in [1.807, 2.05) is 29.0 Å². The highest BCUT2D eigenvalue weighted by Crippen LogP contribution is 2.39. The Morgan fingerprint density at radius 1 is 1.07 bits per heavy atom. The van der Waals surface area contributed by atoms with Gasteiger partial charge >= 0.3 is 0 Å². The van der Waals surface area contributed by atoms with Crippen LogP contribution in [0.5, 0.6) is 0 Å². The molecule has 1 aromatic carbocycles. The van der Waals surface area contributed by atoms with Crippen molar-refractivity contribution in [2.24, 2.45) is 5.92 Å². The van der Waals surface area contributed by atoms with Crippen LogP contribution in [-0.2, 0) is 6.42 Å². The molecule has 0 aliphatic heterocycles. The summed E-state index contributed by atoms with van der Waals surface area (Å²) in [5.74, 6) is 0.522. The Bertz CT molecular complexity index is 1170. The van der Waals surface area contributed by atoms with E-state index in [2.05, 4.69) is 27.1 Å².